The number of imidazole rings is 1. The predicted molar refractivity (Wildman–Crippen MR) is 106 cm³/mol. The molecule has 0 unspecified atom stereocenters. The van der Waals surface area contributed by atoms with Gasteiger partial charge >= 0.3 is 12.4 Å². The molecule has 2 bridgehead atoms. The number of aromatic nitrogens is 3. The van der Waals surface area contributed by atoms with Gasteiger partial charge in [-0.1, -0.05) is 12.1 Å². The second kappa shape index (κ2) is 7.10. The summed E-state index contributed by atoms with van der Waals surface area (Å²) in [6.07, 6.45) is -8.31. The van der Waals surface area contributed by atoms with Crippen LogP contribution in [0.4, 0.5) is 32.2 Å². The molecular weight excluding hydrogens is 448 g/mol. The highest BCUT2D eigenvalue weighted by atomic mass is 19.4. The highest BCUT2D eigenvalue weighted by Crippen LogP contribution is 2.53. The molecule has 0 N–H and O–H groups in total. The summed E-state index contributed by atoms with van der Waals surface area (Å²) in [6, 6.07) is 7.73. The SMILES string of the molecule is Cn1c([C@@H]2[C@H]3CC[C@H](C3)N2c2nc(C(F)(F)F)cc(C(F)(F)F)c2C#N)nc2ccccc21. The Hall–Kier alpha value is -3.29. The van der Waals surface area contributed by atoms with Crippen molar-refractivity contribution in [3.63, 3.8) is 0 Å². The van der Waals surface area contributed by atoms with Crippen LogP contribution in [0.3, 0.4) is 0 Å². The normalized spacial score (nSPS) is 22.8. The van der Waals surface area contributed by atoms with Gasteiger partial charge in [0.1, 0.15) is 29.0 Å². The summed E-state index contributed by atoms with van der Waals surface area (Å²) in [5, 5.41) is 9.59. The Morgan fingerprint density at radius 1 is 1.03 bits per heavy atom. The number of hydrogen-bond donors (Lipinski definition) is 0. The first-order valence-electron chi connectivity index (χ1n) is 10.3. The molecule has 172 valence electrons. The van der Waals surface area contributed by atoms with E-state index in [-0.39, 0.29) is 18.0 Å². The molecule has 1 aliphatic heterocycles. The Labute approximate surface area is 184 Å². The first kappa shape index (κ1) is 21.6. The third kappa shape index (κ3) is 3.31. The lowest BCUT2D eigenvalue weighted by Gasteiger charge is -2.37. The van der Waals surface area contributed by atoms with Crippen molar-refractivity contribution in [2.24, 2.45) is 13.0 Å². The molecule has 0 amide bonds. The molecule has 2 fully saturated rings. The van der Waals surface area contributed by atoms with Gasteiger partial charge in [-0.3, -0.25) is 0 Å². The number of hydrogen-bond acceptors (Lipinski definition) is 4. The van der Waals surface area contributed by atoms with Gasteiger partial charge in [-0.15, -0.1) is 0 Å². The van der Waals surface area contributed by atoms with Gasteiger partial charge < -0.3 is 9.47 Å². The number of pyridine rings is 1. The average molecular weight is 465 g/mol. The molecule has 2 aromatic heterocycles. The van der Waals surface area contributed by atoms with Crippen LogP contribution in [0.1, 0.15) is 47.9 Å². The molecular formula is C22H17F6N5. The molecule has 0 radical (unpaired) electrons. The molecule has 1 aliphatic carbocycles. The van der Waals surface area contributed by atoms with Crippen molar-refractivity contribution >= 4 is 16.9 Å². The summed E-state index contributed by atoms with van der Waals surface area (Å²) in [5.74, 6) is -0.0771. The van der Waals surface area contributed by atoms with Crippen molar-refractivity contribution in [3.05, 3.63) is 53.0 Å². The van der Waals surface area contributed by atoms with E-state index < -0.39 is 41.0 Å². The molecule has 1 aromatic carbocycles. The monoisotopic (exact) mass is 465 g/mol. The highest BCUT2D eigenvalue weighted by Gasteiger charge is 2.51. The molecule has 1 saturated carbocycles. The van der Waals surface area contributed by atoms with Crippen molar-refractivity contribution in [1.82, 2.24) is 14.5 Å². The Morgan fingerprint density at radius 3 is 2.39 bits per heavy atom. The number of aryl methyl sites for hydroxylation is 1. The quantitative estimate of drug-likeness (QED) is 0.462. The maximum atomic E-state index is 13.7. The van der Waals surface area contributed by atoms with Gasteiger partial charge in [-0.05, 0) is 43.4 Å². The van der Waals surface area contributed by atoms with Crippen LogP contribution in [0.25, 0.3) is 11.0 Å². The number of alkyl halides is 6. The molecule has 3 atom stereocenters. The van der Waals surface area contributed by atoms with Gasteiger partial charge in [0.15, 0.2) is 0 Å². The molecule has 2 aliphatic rings. The second-order valence-corrected chi connectivity index (χ2v) is 8.46. The van der Waals surface area contributed by atoms with Gasteiger partial charge in [0.25, 0.3) is 0 Å². The molecule has 11 heteroatoms. The number of halogens is 6. The van der Waals surface area contributed by atoms with E-state index in [0.717, 1.165) is 11.9 Å². The Bertz CT molecular complexity index is 1290. The fourth-order valence-electron chi connectivity index (χ4n) is 5.25. The second-order valence-electron chi connectivity index (χ2n) is 8.46. The van der Waals surface area contributed by atoms with E-state index in [4.69, 9.17) is 0 Å². The van der Waals surface area contributed by atoms with Crippen LogP contribution >= 0.6 is 0 Å². The van der Waals surface area contributed by atoms with Crippen molar-refractivity contribution in [3.8, 4) is 6.07 Å². The Kier molecular flexibility index (Phi) is 4.64. The zero-order valence-electron chi connectivity index (χ0n) is 17.2. The molecule has 5 nitrogen and oxygen atoms in total. The zero-order chi connectivity index (χ0) is 23.7. The molecule has 33 heavy (non-hydrogen) atoms. The third-order valence-corrected chi connectivity index (χ3v) is 6.62. The highest BCUT2D eigenvalue weighted by molar-refractivity contribution is 5.76. The minimum absolute atomic E-state index is 0.0252. The van der Waals surface area contributed by atoms with Gasteiger partial charge in [0.2, 0.25) is 0 Å². The summed E-state index contributed by atoms with van der Waals surface area (Å²) in [4.78, 5) is 9.71. The summed E-state index contributed by atoms with van der Waals surface area (Å²) >= 11 is 0. The molecule has 5 rings (SSSR count). The Morgan fingerprint density at radius 2 is 1.76 bits per heavy atom. The van der Waals surface area contributed by atoms with Crippen LogP contribution in [0.2, 0.25) is 0 Å². The fourth-order valence-corrected chi connectivity index (χ4v) is 5.25. The lowest BCUT2D eigenvalue weighted by molar-refractivity contribution is -0.145. The topological polar surface area (TPSA) is 57.7 Å². The first-order valence-corrected chi connectivity index (χ1v) is 10.3. The average Bonchev–Trinajstić information content (AvgIpc) is 3.45. The van der Waals surface area contributed by atoms with Crippen LogP contribution in [-0.4, -0.2) is 20.6 Å². The van der Waals surface area contributed by atoms with Gasteiger partial charge in [0, 0.05) is 13.1 Å². The van der Waals surface area contributed by atoms with Crippen LogP contribution in [0, 0.1) is 17.2 Å². The van der Waals surface area contributed by atoms with Crippen molar-refractivity contribution in [1.29, 1.82) is 5.26 Å². The van der Waals surface area contributed by atoms with Crippen molar-refractivity contribution in [2.75, 3.05) is 4.90 Å². The van der Waals surface area contributed by atoms with E-state index in [0.29, 0.717) is 24.2 Å². The van der Waals surface area contributed by atoms with Gasteiger partial charge in [-0.25, -0.2) is 9.97 Å². The molecule has 3 heterocycles. The summed E-state index contributed by atoms with van der Waals surface area (Å²) in [6.45, 7) is 0. The van der Waals surface area contributed by atoms with E-state index >= 15 is 0 Å². The van der Waals surface area contributed by atoms with Crippen LogP contribution in [-0.2, 0) is 19.4 Å². The zero-order valence-corrected chi connectivity index (χ0v) is 17.2. The smallest absolute Gasteiger partial charge is 0.342 e. The van der Waals surface area contributed by atoms with Crippen molar-refractivity contribution in [2.45, 2.75) is 43.7 Å². The minimum atomic E-state index is -5.14. The number of benzene rings is 1. The van der Waals surface area contributed by atoms with Crippen molar-refractivity contribution < 1.29 is 26.3 Å². The van der Waals surface area contributed by atoms with E-state index in [9.17, 15) is 31.6 Å². The summed E-state index contributed by atoms with van der Waals surface area (Å²) in [5.41, 5.74) is -2.73. The van der Waals surface area contributed by atoms with Crippen LogP contribution < -0.4 is 4.90 Å². The number of rotatable bonds is 2. The first-order chi connectivity index (χ1) is 15.5. The minimum Gasteiger partial charge on any atom is -0.342 e. The number of piperidine rings is 1. The van der Waals surface area contributed by atoms with E-state index in [1.807, 2.05) is 12.1 Å². The molecule has 0 spiro atoms. The van der Waals surface area contributed by atoms with Gasteiger partial charge in [-0.2, -0.15) is 31.6 Å². The van der Waals surface area contributed by atoms with Gasteiger partial charge in [0.05, 0.1) is 22.6 Å². The lowest BCUT2D eigenvalue weighted by atomic mass is 9.96. The summed E-state index contributed by atoms with van der Waals surface area (Å²) in [7, 11) is 1.76. The number of para-hydroxylation sites is 2. The predicted octanol–water partition coefficient (Wildman–Crippen LogP) is 5.61. The van der Waals surface area contributed by atoms with Crippen LogP contribution in [0.5, 0.6) is 0 Å². The van der Waals surface area contributed by atoms with Crippen LogP contribution in [0.15, 0.2) is 30.3 Å². The molecule has 1 saturated heterocycles. The lowest BCUT2D eigenvalue weighted by Crippen LogP contribution is -2.38. The van der Waals surface area contributed by atoms with E-state index in [1.165, 1.54) is 11.0 Å². The Balaban J connectivity index is 1.75. The standard InChI is InChI=1S/C22H17F6N5/c1-32-16-5-3-2-4-15(16)30-20(32)18-11-6-7-12(8-11)33(18)19-13(10-29)14(21(23,24)25)9-17(31-19)22(26,27)28/h2-5,9,11-12,18H,6-8H2,1H3/t11-,12+,18-/m0/s1. The third-order valence-electron chi connectivity index (χ3n) is 6.62. The fraction of sp³-hybridized carbons (Fsp3) is 0.409. The summed E-state index contributed by atoms with van der Waals surface area (Å²) < 4.78 is 83.5. The molecule has 3 aromatic rings. The number of anilines is 1. The number of fused-ring (bicyclic) bond motifs is 3. The van der Waals surface area contributed by atoms with E-state index in [1.54, 1.807) is 23.7 Å². The maximum Gasteiger partial charge on any atom is 0.433 e. The number of nitrogens with zero attached hydrogens (tertiary/aromatic N) is 5. The maximum absolute atomic E-state index is 13.7. The van der Waals surface area contributed by atoms with E-state index in [2.05, 4.69) is 9.97 Å². The number of nitriles is 1. The largest absolute Gasteiger partial charge is 0.433 e.